The number of hydrogen-bond donors (Lipinski definition) is 1. The van der Waals surface area contributed by atoms with Crippen LogP contribution in [0.1, 0.15) is 15.6 Å². The van der Waals surface area contributed by atoms with E-state index in [1.807, 2.05) is 6.92 Å². The van der Waals surface area contributed by atoms with E-state index in [9.17, 15) is 4.39 Å². The molecule has 0 bridgehead atoms. The van der Waals surface area contributed by atoms with E-state index in [1.54, 1.807) is 12.1 Å². The van der Waals surface area contributed by atoms with Gasteiger partial charge in [-0.05, 0) is 31.2 Å². The van der Waals surface area contributed by atoms with Crippen LogP contribution < -0.4 is 10.5 Å². The summed E-state index contributed by atoms with van der Waals surface area (Å²) in [7, 11) is 0. The molecular formula is C12H11FN2OS2. The van der Waals surface area contributed by atoms with Gasteiger partial charge in [-0.25, -0.2) is 9.37 Å². The van der Waals surface area contributed by atoms with Gasteiger partial charge in [-0.3, -0.25) is 0 Å². The molecule has 2 aromatic rings. The molecule has 0 aliphatic heterocycles. The Kier molecular flexibility index (Phi) is 3.88. The highest BCUT2D eigenvalue weighted by Gasteiger charge is 2.10. The lowest BCUT2D eigenvalue weighted by molar-refractivity contribution is 0.305. The van der Waals surface area contributed by atoms with Crippen molar-refractivity contribution in [3.8, 4) is 5.75 Å². The van der Waals surface area contributed by atoms with E-state index in [1.165, 1.54) is 23.5 Å². The van der Waals surface area contributed by atoms with E-state index in [-0.39, 0.29) is 5.82 Å². The number of thiazole rings is 1. The van der Waals surface area contributed by atoms with E-state index in [0.29, 0.717) is 17.3 Å². The van der Waals surface area contributed by atoms with Crippen LogP contribution in [0.5, 0.6) is 5.75 Å². The van der Waals surface area contributed by atoms with Crippen LogP contribution in [-0.2, 0) is 6.61 Å². The van der Waals surface area contributed by atoms with Gasteiger partial charge in [-0.15, -0.1) is 11.3 Å². The lowest BCUT2D eigenvalue weighted by Gasteiger charge is -2.02. The average molecular weight is 282 g/mol. The molecule has 0 aliphatic carbocycles. The fourth-order valence-corrected chi connectivity index (χ4v) is 2.52. The van der Waals surface area contributed by atoms with Gasteiger partial charge in [-0.1, -0.05) is 12.2 Å². The number of thiocarbonyl (C=S) groups is 1. The van der Waals surface area contributed by atoms with Crippen LogP contribution in [0.15, 0.2) is 24.3 Å². The van der Waals surface area contributed by atoms with E-state index in [4.69, 9.17) is 22.7 Å². The van der Waals surface area contributed by atoms with Crippen molar-refractivity contribution in [1.82, 2.24) is 4.98 Å². The third kappa shape index (κ3) is 3.02. The maximum absolute atomic E-state index is 12.7. The Morgan fingerprint density at radius 1 is 1.44 bits per heavy atom. The highest BCUT2D eigenvalue weighted by atomic mass is 32.1. The zero-order valence-corrected chi connectivity index (χ0v) is 11.3. The van der Waals surface area contributed by atoms with Crippen molar-refractivity contribution in [2.75, 3.05) is 0 Å². The number of nitrogens with two attached hydrogens (primary N) is 1. The van der Waals surface area contributed by atoms with Crippen molar-refractivity contribution >= 4 is 28.5 Å². The second kappa shape index (κ2) is 5.41. The minimum atomic E-state index is -0.289. The van der Waals surface area contributed by atoms with Crippen molar-refractivity contribution in [1.29, 1.82) is 0 Å². The minimum absolute atomic E-state index is 0.289. The number of benzene rings is 1. The number of ether oxygens (including phenoxy) is 1. The van der Waals surface area contributed by atoms with Crippen LogP contribution >= 0.6 is 23.6 Å². The zero-order valence-electron chi connectivity index (χ0n) is 9.64. The van der Waals surface area contributed by atoms with Crippen molar-refractivity contribution in [2.24, 2.45) is 5.73 Å². The van der Waals surface area contributed by atoms with Crippen LogP contribution in [0.4, 0.5) is 4.39 Å². The van der Waals surface area contributed by atoms with Crippen LogP contribution in [0.25, 0.3) is 0 Å². The summed E-state index contributed by atoms with van der Waals surface area (Å²) in [5.74, 6) is 0.310. The molecular weight excluding hydrogens is 271 g/mol. The number of rotatable bonds is 4. The van der Waals surface area contributed by atoms with Crippen molar-refractivity contribution in [2.45, 2.75) is 13.5 Å². The quantitative estimate of drug-likeness (QED) is 0.876. The Balaban J connectivity index is 2.04. The molecule has 2 rings (SSSR count). The van der Waals surface area contributed by atoms with Gasteiger partial charge in [0.1, 0.15) is 28.2 Å². The molecule has 0 amide bonds. The van der Waals surface area contributed by atoms with Crippen LogP contribution in [0.2, 0.25) is 0 Å². The first-order valence-corrected chi connectivity index (χ1v) is 6.43. The summed E-state index contributed by atoms with van der Waals surface area (Å²) in [5.41, 5.74) is 6.38. The van der Waals surface area contributed by atoms with Gasteiger partial charge >= 0.3 is 0 Å². The van der Waals surface area contributed by atoms with E-state index in [0.717, 1.165) is 15.6 Å². The molecule has 0 fully saturated rings. The number of aromatic nitrogens is 1. The molecule has 1 aromatic heterocycles. The minimum Gasteiger partial charge on any atom is -0.486 e. The predicted molar refractivity (Wildman–Crippen MR) is 73.5 cm³/mol. The molecule has 1 heterocycles. The van der Waals surface area contributed by atoms with Gasteiger partial charge in [0, 0.05) is 0 Å². The highest BCUT2D eigenvalue weighted by molar-refractivity contribution is 7.81. The Hall–Kier alpha value is -1.53. The first kappa shape index (κ1) is 12.9. The summed E-state index contributed by atoms with van der Waals surface area (Å²) in [6, 6.07) is 5.85. The number of aryl methyl sites for hydroxylation is 1. The predicted octanol–water partition coefficient (Wildman–Crippen LogP) is 2.80. The molecule has 3 nitrogen and oxygen atoms in total. The third-order valence-electron chi connectivity index (χ3n) is 2.24. The number of hydrogen-bond acceptors (Lipinski definition) is 4. The molecule has 0 saturated carbocycles. The fraction of sp³-hybridized carbons (Fsp3) is 0.167. The summed E-state index contributed by atoms with van der Waals surface area (Å²) < 4.78 is 18.2. The summed E-state index contributed by atoms with van der Waals surface area (Å²) in [6.07, 6.45) is 0. The molecule has 18 heavy (non-hydrogen) atoms. The van der Waals surface area contributed by atoms with Gasteiger partial charge < -0.3 is 10.5 Å². The molecule has 0 saturated heterocycles. The van der Waals surface area contributed by atoms with Crippen molar-refractivity contribution in [3.05, 3.63) is 45.7 Å². The second-order valence-electron chi connectivity index (χ2n) is 3.63. The number of halogens is 1. The lowest BCUT2D eigenvalue weighted by atomic mass is 10.3. The van der Waals surface area contributed by atoms with Crippen LogP contribution in [0, 0.1) is 12.7 Å². The van der Waals surface area contributed by atoms with Gasteiger partial charge in [0.2, 0.25) is 0 Å². The molecule has 0 spiro atoms. The summed E-state index contributed by atoms with van der Waals surface area (Å²) >= 11 is 6.33. The van der Waals surface area contributed by atoms with Gasteiger partial charge in [0.05, 0.1) is 10.6 Å². The summed E-state index contributed by atoms with van der Waals surface area (Å²) in [4.78, 5) is 5.47. The van der Waals surface area contributed by atoms with E-state index in [2.05, 4.69) is 4.98 Å². The molecule has 0 atom stereocenters. The smallest absolute Gasteiger partial charge is 0.140 e. The molecule has 2 N–H and O–H groups in total. The van der Waals surface area contributed by atoms with Crippen LogP contribution in [-0.4, -0.2) is 9.97 Å². The third-order valence-corrected chi connectivity index (χ3v) is 3.74. The lowest BCUT2D eigenvalue weighted by Crippen LogP contribution is -2.08. The highest BCUT2D eigenvalue weighted by Crippen LogP contribution is 2.20. The van der Waals surface area contributed by atoms with Crippen LogP contribution in [0.3, 0.4) is 0 Å². The monoisotopic (exact) mass is 282 g/mol. The average Bonchev–Trinajstić information content (AvgIpc) is 2.70. The Morgan fingerprint density at radius 2 is 2.11 bits per heavy atom. The maximum atomic E-state index is 12.7. The van der Waals surface area contributed by atoms with E-state index >= 15 is 0 Å². The molecule has 0 radical (unpaired) electrons. The van der Waals surface area contributed by atoms with E-state index < -0.39 is 0 Å². The maximum Gasteiger partial charge on any atom is 0.140 e. The number of nitrogens with zero attached hydrogens (tertiary/aromatic N) is 1. The molecule has 0 unspecified atom stereocenters. The largest absolute Gasteiger partial charge is 0.486 e. The van der Waals surface area contributed by atoms with Gasteiger partial charge in [0.15, 0.2) is 0 Å². The van der Waals surface area contributed by atoms with Gasteiger partial charge in [-0.2, -0.15) is 0 Å². The Morgan fingerprint density at radius 3 is 2.67 bits per heavy atom. The molecule has 0 aliphatic rings. The first-order chi connectivity index (χ1) is 8.56. The standard InChI is InChI=1S/C12H11FN2OS2/c1-7-11(12(14)17)18-10(15-7)6-16-9-4-2-8(13)3-5-9/h2-5H,6H2,1H3,(H2,14,17). The van der Waals surface area contributed by atoms with Crippen molar-refractivity contribution < 1.29 is 9.13 Å². The second-order valence-corrected chi connectivity index (χ2v) is 5.15. The SMILES string of the molecule is Cc1nc(COc2ccc(F)cc2)sc1C(N)=S. The molecule has 94 valence electrons. The summed E-state index contributed by atoms with van der Waals surface area (Å²) in [6.45, 7) is 2.17. The van der Waals surface area contributed by atoms with Gasteiger partial charge in [0.25, 0.3) is 0 Å². The summed E-state index contributed by atoms with van der Waals surface area (Å²) in [5, 5.41) is 0.791. The first-order valence-electron chi connectivity index (χ1n) is 5.20. The van der Waals surface area contributed by atoms with Crippen molar-refractivity contribution in [3.63, 3.8) is 0 Å². The Labute approximate surface area is 113 Å². The molecule has 1 aromatic carbocycles. The normalized spacial score (nSPS) is 10.3. The Bertz CT molecular complexity index is 566. The topological polar surface area (TPSA) is 48.1 Å². The molecule has 6 heteroatoms. The fourth-order valence-electron chi connectivity index (χ4n) is 1.42. The zero-order chi connectivity index (χ0) is 13.1.